The molecule has 96 valence electrons. The number of hydrogen-bond donors (Lipinski definition) is 2. The fraction of sp³-hybridized carbons (Fsp3) is 0.167. The Hall–Kier alpha value is -2.50. The maximum Gasteiger partial charge on any atom is 0.411 e. The minimum absolute atomic E-state index is 0.0399. The molecule has 0 aliphatic heterocycles. The molecule has 1 aromatic rings. The molecule has 0 aliphatic rings. The van der Waals surface area contributed by atoms with Crippen LogP contribution in [0.5, 0.6) is 5.75 Å². The average molecular weight is 251 g/mol. The van der Waals surface area contributed by atoms with Crippen molar-refractivity contribution in [2.45, 2.75) is 0 Å². The first-order chi connectivity index (χ1) is 8.60. The summed E-state index contributed by atoms with van der Waals surface area (Å²) in [5, 5.41) is 11.4. The highest BCUT2D eigenvalue weighted by Crippen LogP contribution is 2.26. The summed E-state index contributed by atoms with van der Waals surface area (Å²) in [7, 11) is 1.35. The third kappa shape index (κ3) is 3.24. The number of aromatic carboxylic acids is 1. The van der Waals surface area contributed by atoms with Crippen molar-refractivity contribution in [2.75, 3.05) is 19.0 Å². The highest BCUT2D eigenvalue weighted by atomic mass is 16.5. The predicted molar refractivity (Wildman–Crippen MR) is 65.1 cm³/mol. The van der Waals surface area contributed by atoms with E-state index < -0.39 is 12.1 Å². The molecule has 0 bridgehead atoms. The van der Waals surface area contributed by atoms with Crippen LogP contribution in [0.1, 0.15) is 10.4 Å². The summed E-state index contributed by atoms with van der Waals surface area (Å²) in [6.07, 6.45) is 0.647. The van der Waals surface area contributed by atoms with Crippen molar-refractivity contribution in [1.29, 1.82) is 0 Å². The zero-order valence-corrected chi connectivity index (χ0v) is 9.80. The van der Waals surface area contributed by atoms with E-state index in [1.807, 2.05) is 0 Å². The lowest BCUT2D eigenvalue weighted by Crippen LogP contribution is -2.16. The maximum atomic E-state index is 11.3. The Morgan fingerprint density at radius 1 is 1.50 bits per heavy atom. The van der Waals surface area contributed by atoms with E-state index in [-0.39, 0.29) is 23.6 Å². The zero-order valence-electron chi connectivity index (χ0n) is 9.80. The largest absolute Gasteiger partial charge is 0.496 e. The summed E-state index contributed by atoms with van der Waals surface area (Å²) >= 11 is 0. The molecule has 0 spiro atoms. The predicted octanol–water partition coefficient (Wildman–Crippen LogP) is 2.13. The topological polar surface area (TPSA) is 84.9 Å². The highest BCUT2D eigenvalue weighted by molar-refractivity contribution is 6.01. The fourth-order valence-electron chi connectivity index (χ4n) is 1.31. The van der Waals surface area contributed by atoms with Crippen molar-refractivity contribution < 1.29 is 24.2 Å². The molecule has 0 saturated carbocycles. The Kier molecular flexibility index (Phi) is 4.74. The van der Waals surface area contributed by atoms with Gasteiger partial charge in [0.15, 0.2) is 0 Å². The van der Waals surface area contributed by atoms with Gasteiger partial charge in [0.1, 0.15) is 17.9 Å². The second-order valence-electron chi connectivity index (χ2n) is 3.20. The molecule has 0 fully saturated rings. The van der Waals surface area contributed by atoms with Gasteiger partial charge in [0.05, 0.1) is 12.8 Å². The molecule has 0 aromatic heterocycles. The lowest BCUT2D eigenvalue weighted by Gasteiger charge is -2.11. The van der Waals surface area contributed by atoms with Gasteiger partial charge in [0.25, 0.3) is 0 Å². The second kappa shape index (κ2) is 6.29. The minimum Gasteiger partial charge on any atom is -0.496 e. The van der Waals surface area contributed by atoms with E-state index in [0.29, 0.717) is 0 Å². The smallest absolute Gasteiger partial charge is 0.411 e. The first-order valence-corrected chi connectivity index (χ1v) is 5.05. The number of carbonyl (C=O) groups is 2. The van der Waals surface area contributed by atoms with E-state index in [2.05, 4.69) is 11.9 Å². The van der Waals surface area contributed by atoms with E-state index in [0.717, 1.165) is 0 Å². The minimum atomic E-state index is -1.20. The number of amides is 1. The van der Waals surface area contributed by atoms with Gasteiger partial charge in [-0.2, -0.15) is 0 Å². The fourth-order valence-corrected chi connectivity index (χ4v) is 1.31. The van der Waals surface area contributed by atoms with Gasteiger partial charge in [-0.05, 0) is 12.1 Å². The van der Waals surface area contributed by atoms with Crippen molar-refractivity contribution in [3.63, 3.8) is 0 Å². The van der Waals surface area contributed by atoms with Gasteiger partial charge in [-0.3, -0.25) is 5.32 Å². The van der Waals surface area contributed by atoms with Crippen LogP contribution in [0, 0.1) is 0 Å². The molecular weight excluding hydrogens is 238 g/mol. The van der Waals surface area contributed by atoms with Gasteiger partial charge < -0.3 is 14.6 Å². The van der Waals surface area contributed by atoms with Crippen LogP contribution < -0.4 is 10.1 Å². The van der Waals surface area contributed by atoms with Crippen molar-refractivity contribution in [2.24, 2.45) is 0 Å². The van der Waals surface area contributed by atoms with Gasteiger partial charge in [-0.25, -0.2) is 9.59 Å². The number of carboxylic acid groups (broad SMARTS) is 1. The standard InChI is InChI=1S/C12H13NO5/c1-3-7-18-12(16)13-8-5-4-6-9(17-2)10(8)11(14)15/h3-6H,1,7H2,2H3,(H,13,16)(H,14,15). The van der Waals surface area contributed by atoms with E-state index in [9.17, 15) is 9.59 Å². The van der Waals surface area contributed by atoms with Gasteiger partial charge in [0, 0.05) is 0 Å². The SMILES string of the molecule is C=CCOC(=O)Nc1cccc(OC)c1C(=O)O. The average Bonchev–Trinajstić information content (AvgIpc) is 2.35. The summed E-state index contributed by atoms with van der Waals surface area (Å²) in [6.45, 7) is 3.43. The van der Waals surface area contributed by atoms with Crippen LogP contribution >= 0.6 is 0 Å². The van der Waals surface area contributed by atoms with Gasteiger partial charge in [-0.15, -0.1) is 0 Å². The Balaban J connectivity index is 2.97. The normalized spacial score (nSPS) is 9.39. The molecule has 1 rings (SSSR count). The summed E-state index contributed by atoms with van der Waals surface area (Å²) in [6, 6.07) is 4.50. The molecule has 0 radical (unpaired) electrons. The monoisotopic (exact) mass is 251 g/mol. The Bertz CT molecular complexity index is 470. The quantitative estimate of drug-likeness (QED) is 0.783. The summed E-state index contributed by atoms with van der Waals surface area (Å²) in [5.41, 5.74) is -0.0218. The van der Waals surface area contributed by atoms with Crippen molar-refractivity contribution in [1.82, 2.24) is 0 Å². The number of ether oxygens (including phenoxy) is 2. The molecule has 0 unspecified atom stereocenters. The number of anilines is 1. The third-order valence-corrected chi connectivity index (χ3v) is 2.03. The summed E-state index contributed by atoms with van der Waals surface area (Å²) < 4.78 is 9.62. The molecule has 18 heavy (non-hydrogen) atoms. The summed E-state index contributed by atoms with van der Waals surface area (Å²) in [4.78, 5) is 22.4. The van der Waals surface area contributed by atoms with Crippen molar-refractivity contribution >= 4 is 17.7 Å². The Morgan fingerprint density at radius 2 is 2.22 bits per heavy atom. The molecule has 6 heteroatoms. The number of carboxylic acids is 1. The molecule has 2 N–H and O–H groups in total. The lowest BCUT2D eigenvalue weighted by atomic mass is 10.1. The van der Waals surface area contributed by atoms with Crippen LogP contribution in [0.4, 0.5) is 10.5 Å². The number of nitrogens with one attached hydrogen (secondary N) is 1. The molecule has 1 aromatic carbocycles. The molecule has 1 amide bonds. The first kappa shape index (κ1) is 13.6. The van der Waals surface area contributed by atoms with Crippen molar-refractivity contribution in [3.8, 4) is 5.75 Å². The Labute approximate surface area is 104 Å². The molecule has 0 atom stereocenters. The number of methoxy groups -OCH3 is 1. The highest BCUT2D eigenvalue weighted by Gasteiger charge is 2.17. The van der Waals surface area contributed by atoms with Gasteiger partial charge in [0.2, 0.25) is 0 Å². The van der Waals surface area contributed by atoms with E-state index in [1.54, 1.807) is 6.07 Å². The molecule has 0 saturated heterocycles. The van der Waals surface area contributed by atoms with Gasteiger partial charge in [-0.1, -0.05) is 18.7 Å². The first-order valence-electron chi connectivity index (χ1n) is 5.05. The van der Waals surface area contributed by atoms with E-state index >= 15 is 0 Å². The maximum absolute atomic E-state index is 11.3. The zero-order chi connectivity index (χ0) is 13.5. The lowest BCUT2D eigenvalue weighted by molar-refractivity contribution is 0.0694. The van der Waals surface area contributed by atoms with Crippen LogP contribution in [0.3, 0.4) is 0 Å². The van der Waals surface area contributed by atoms with Crippen LogP contribution in [0.15, 0.2) is 30.9 Å². The molecule has 6 nitrogen and oxygen atoms in total. The second-order valence-corrected chi connectivity index (χ2v) is 3.20. The van der Waals surface area contributed by atoms with Crippen LogP contribution in [-0.4, -0.2) is 30.9 Å². The van der Waals surface area contributed by atoms with Crippen molar-refractivity contribution in [3.05, 3.63) is 36.4 Å². The van der Waals surface area contributed by atoms with Crippen LogP contribution in [0.25, 0.3) is 0 Å². The number of carbonyl (C=O) groups excluding carboxylic acids is 1. The number of rotatable bonds is 5. The number of benzene rings is 1. The Morgan fingerprint density at radius 3 is 2.78 bits per heavy atom. The number of hydrogen-bond acceptors (Lipinski definition) is 4. The summed E-state index contributed by atoms with van der Waals surface area (Å²) in [5.74, 6) is -1.05. The van der Waals surface area contributed by atoms with Crippen LogP contribution in [0.2, 0.25) is 0 Å². The third-order valence-electron chi connectivity index (χ3n) is 2.03. The van der Waals surface area contributed by atoms with Gasteiger partial charge >= 0.3 is 12.1 Å². The molecule has 0 heterocycles. The van der Waals surface area contributed by atoms with E-state index in [4.69, 9.17) is 14.6 Å². The van der Waals surface area contributed by atoms with E-state index in [1.165, 1.54) is 25.3 Å². The van der Waals surface area contributed by atoms with Crippen LogP contribution in [-0.2, 0) is 4.74 Å². The molecule has 0 aliphatic carbocycles. The molecular formula is C12H13NO5.